The minimum atomic E-state index is -0.666. The number of fused-ring (bicyclic) bond motifs is 1. The van der Waals surface area contributed by atoms with E-state index in [4.69, 9.17) is 16.6 Å². The largest absolute Gasteiger partial charge is 0.381 e. The van der Waals surface area contributed by atoms with Gasteiger partial charge in [-0.05, 0) is 98.8 Å². The van der Waals surface area contributed by atoms with Crippen molar-refractivity contribution in [1.82, 2.24) is 9.88 Å². The van der Waals surface area contributed by atoms with Crippen LogP contribution in [0.4, 0.5) is 14.5 Å². The summed E-state index contributed by atoms with van der Waals surface area (Å²) in [6.45, 7) is 7.61. The highest BCUT2D eigenvalue weighted by atomic mass is 35.5. The number of allylic oxidation sites excluding steroid dienone is 1. The molecule has 3 fully saturated rings. The number of nitrogens with one attached hydrogen (secondary N) is 1. The maximum atomic E-state index is 14.5. The van der Waals surface area contributed by atoms with Crippen LogP contribution in [0.3, 0.4) is 0 Å². The standard InChI is InChI=1S/C31H34ClF2N3/c1-18(20-3-4-20)27-16-35-30-10-5-21(22-14-28(32)19(2)29(34)15-22)13-26(30)31(27)36-24-6-8-25(9-7-24)37-12-11-23(33)17-37/h5,10,13-16,20,23-25H,1,3-4,6-9,11-12,17H2,2H3,(H,35,36)/t23-,24?,25?/m1/s1. The molecule has 1 aliphatic heterocycles. The second-order valence-corrected chi connectivity index (χ2v) is 11.6. The van der Waals surface area contributed by atoms with Gasteiger partial charge in [-0.3, -0.25) is 9.88 Å². The van der Waals surface area contributed by atoms with Gasteiger partial charge in [0.1, 0.15) is 12.0 Å². The van der Waals surface area contributed by atoms with E-state index in [9.17, 15) is 8.78 Å². The number of alkyl halides is 1. The van der Waals surface area contributed by atoms with Crippen LogP contribution in [0.15, 0.2) is 43.1 Å². The topological polar surface area (TPSA) is 28.2 Å². The zero-order valence-corrected chi connectivity index (χ0v) is 22.1. The predicted octanol–water partition coefficient (Wildman–Crippen LogP) is 8.19. The molecular formula is C31H34ClF2N3. The van der Waals surface area contributed by atoms with Gasteiger partial charge in [-0.15, -0.1) is 0 Å². The Labute approximate surface area is 222 Å². The third-order valence-electron chi connectivity index (χ3n) is 8.62. The van der Waals surface area contributed by atoms with Gasteiger partial charge in [0, 0.05) is 52.9 Å². The minimum Gasteiger partial charge on any atom is -0.381 e. The highest BCUT2D eigenvalue weighted by Gasteiger charge is 2.32. The number of halogens is 3. The number of benzene rings is 2. The Morgan fingerprint density at radius 1 is 1.05 bits per heavy atom. The first kappa shape index (κ1) is 24.8. The first-order valence-electron chi connectivity index (χ1n) is 13.6. The molecule has 0 spiro atoms. The Hall–Kier alpha value is -2.50. The van der Waals surface area contributed by atoms with Crippen molar-refractivity contribution in [1.29, 1.82) is 0 Å². The summed E-state index contributed by atoms with van der Waals surface area (Å²) in [5, 5.41) is 5.34. The van der Waals surface area contributed by atoms with Gasteiger partial charge in [0.2, 0.25) is 0 Å². The van der Waals surface area contributed by atoms with Gasteiger partial charge in [-0.1, -0.05) is 24.2 Å². The van der Waals surface area contributed by atoms with E-state index in [0.717, 1.165) is 71.1 Å². The van der Waals surface area contributed by atoms with Crippen LogP contribution in [0.2, 0.25) is 5.02 Å². The molecule has 194 valence electrons. The predicted molar refractivity (Wildman–Crippen MR) is 149 cm³/mol. The van der Waals surface area contributed by atoms with E-state index < -0.39 is 6.17 Å². The third-order valence-corrected chi connectivity index (χ3v) is 9.01. The quantitative estimate of drug-likeness (QED) is 0.354. The Morgan fingerprint density at radius 2 is 1.84 bits per heavy atom. The van der Waals surface area contributed by atoms with Crippen LogP contribution in [-0.2, 0) is 0 Å². The highest BCUT2D eigenvalue weighted by molar-refractivity contribution is 6.31. The first-order valence-corrected chi connectivity index (χ1v) is 14.0. The molecule has 0 amide bonds. The number of anilines is 1. The van der Waals surface area contributed by atoms with Crippen LogP contribution in [0.5, 0.6) is 0 Å². The number of nitrogens with zero attached hydrogens (tertiary/aromatic N) is 2. The number of hydrogen-bond acceptors (Lipinski definition) is 3. The second kappa shape index (κ2) is 9.99. The van der Waals surface area contributed by atoms with E-state index in [1.54, 1.807) is 13.0 Å². The van der Waals surface area contributed by atoms with E-state index in [1.165, 1.54) is 12.8 Å². The second-order valence-electron chi connectivity index (χ2n) is 11.2. The summed E-state index contributed by atoms with van der Waals surface area (Å²) in [5.41, 5.74) is 6.34. The summed E-state index contributed by atoms with van der Waals surface area (Å²) >= 11 is 6.32. The monoisotopic (exact) mass is 521 g/mol. The molecule has 37 heavy (non-hydrogen) atoms. The Kier molecular flexibility index (Phi) is 6.70. The lowest BCUT2D eigenvalue weighted by Gasteiger charge is -2.35. The van der Waals surface area contributed by atoms with E-state index >= 15 is 0 Å². The first-order chi connectivity index (χ1) is 17.9. The van der Waals surface area contributed by atoms with Gasteiger partial charge in [-0.25, -0.2) is 8.78 Å². The zero-order valence-electron chi connectivity index (χ0n) is 21.4. The van der Waals surface area contributed by atoms with Crippen LogP contribution in [0.1, 0.15) is 56.1 Å². The minimum absolute atomic E-state index is 0.302. The molecule has 6 heteroatoms. The van der Waals surface area contributed by atoms with Gasteiger partial charge in [0.25, 0.3) is 0 Å². The van der Waals surface area contributed by atoms with E-state index in [0.29, 0.717) is 41.6 Å². The number of hydrogen-bond donors (Lipinski definition) is 1. The Balaban J connectivity index is 1.33. The zero-order chi connectivity index (χ0) is 25.7. The molecule has 1 atom stereocenters. The maximum absolute atomic E-state index is 14.5. The lowest BCUT2D eigenvalue weighted by molar-refractivity contribution is 0.173. The number of pyridine rings is 1. The molecule has 2 heterocycles. The van der Waals surface area contributed by atoms with Crippen LogP contribution in [0.25, 0.3) is 27.6 Å². The number of rotatable bonds is 6. The average Bonchev–Trinajstić information content (AvgIpc) is 3.67. The lowest BCUT2D eigenvalue weighted by Crippen LogP contribution is -2.39. The van der Waals surface area contributed by atoms with Crippen LogP contribution in [0, 0.1) is 18.7 Å². The highest BCUT2D eigenvalue weighted by Crippen LogP contribution is 2.45. The lowest BCUT2D eigenvalue weighted by atomic mass is 9.89. The van der Waals surface area contributed by atoms with Crippen molar-refractivity contribution in [3.05, 3.63) is 65.1 Å². The molecule has 6 rings (SSSR count). The molecule has 0 bridgehead atoms. The summed E-state index contributed by atoms with van der Waals surface area (Å²) in [7, 11) is 0. The smallest absolute Gasteiger partial charge is 0.128 e. The van der Waals surface area contributed by atoms with Gasteiger partial charge in [0.15, 0.2) is 0 Å². The van der Waals surface area contributed by atoms with Crippen molar-refractivity contribution in [3.8, 4) is 11.1 Å². The van der Waals surface area contributed by atoms with Crippen molar-refractivity contribution in [2.45, 2.75) is 70.1 Å². The molecule has 1 N–H and O–H groups in total. The molecule has 3 aliphatic rings. The van der Waals surface area contributed by atoms with Crippen LogP contribution in [-0.4, -0.2) is 41.2 Å². The van der Waals surface area contributed by atoms with E-state index in [-0.39, 0.29) is 5.82 Å². The maximum Gasteiger partial charge on any atom is 0.128 e. The SMILES string of the molecule is C=C(c1cnc2ccc(-c3cc(F)c(C)c(Cl)c3)cc2c1NC1CCC(N2CC[C@@H](F)C2)CC1)C1CC1. The molecule has 2 aromatic carbocycles. The summed E-state index contributed by atoms with van der Waals surface area (Å²) in [6, 6.07) is 10.3. The fraction of sp³-hybridized carbons (Fsp3) is 0.452. The summed E-state index contributed by atoms with van der Waals surface area (Å²) in [5.74, 6) is 0.219. The molecule has 1 saturated heterocycles. The van der Waals surface area contributed by atoms with Gasteiger partial charge in [-0.2, -0.15) is 0 Å². The molecule has 2 saturated carbocycles. The van der Waals surface area contributed by atoms with Crippen LogP contribution >= 0.6 is 11.6 Å². The summed E-state index contributed by atoms with van der Waals surface area (Å²) in [4.78, 5) is 7.13. The summed E-state index contributed by atoms with van der Waals surface area (Å²) in [6.07, 6.45) is 8.59. The third kappa shape index (κ3) is 5.00. The molecule has 3 nitrogen and oxygen atoms in total. The number of aromatic nitrogens is 1. The van der Waals surface area contributed by atoms with Crippen molar-refractivity contribution < 1.29 is 8.78 Å². The normalized spacial score (nSPS) is 24.5. The Bertz CT molecular complexity index is 1320. The fourth-order valence-electron chi connectivity index (χ4n) is 6.10. The molecule has 1 aromatic heterocycles. The summed E-state index contributed by atoms with van der Waals surface area (Å²) < 4.78 is 28.3. The Morgan fingerprint density at radius 3 is 2.51 bits per heavy atom. The molecule has 2 aliphatic carbocycles. The van der Waals surface area contributed by atoms with Gasteiger partial charge < -0.3 is 5.32 Å². The number of likely N-dealkylation sites (tertiary alicyclic amines) is 1. The van der Waals surface area contributed by atoms with E-state index in [2.05, 4.69) is 22.9 Å². The molecule has 0 unspecified atom stereocenters. The van der Waals surface area contributed by atoms with Crippen molar-refractivity contribution in [2.75, 3.05) is 18.4 Å². The van der Waals surface area contributed by atoms with E-state index in [1.807, 2.05) is 24.4 Å². The van der Waals surface area contributed by atoms with Crippen LogP contribution < -0.4 is 5.32 Å². The van der Waals surface area contributed by atoms with Crippen molar-refractivity contribution in [3.63, 3.8) is 0 Å². The van der Waals surface area contributed by atoms with Crippen molar-refractivity contribution in [2.24, 2.45) is 5.92 Å². The fourth-order valence-corrected chi connectivity index (χ4v) is 6.31. The molecule has 3 aromatic rings. The molecule has 0 radical (unpaired) electrons. The van der Waals surface area contributed by atoms with Gasteiger partial charge >= 0.3 is 0 Å². The van der Waals surface area contributed by atoms with Gasteiger partial charge in [0.05, 0.1) is 11.2 Å². The van der Waals surface area contributed by atoms with Crippen molar-refractivity contribution >= 4 is 33.8 Å². The average molecular weight is 522 g/mol. The molecular weight excluding hydrogens is 488 g/mol.